The van der Waals surface area contributed by atoms with Gasteiger partial charge in [0, 0.05) is 0 Å². The molecule has 25 heavy (non-hydrogen) atoms. The highest BCUT2D eigenvalue weighted by Gasteiger charge is 2.11. The van der Waals surface area contributed by atoms with Crippen LogP contribution in [-0.2, 0) is 4.74 Å². The van der Waals surface area contributed by atoms with E-state index in [4.69, 9.17) is 14.2 Å². The quantitative estimate of drug-likeness (QED) is 0.407. The zero-order chi connectivity index (χ0) is 18.1. The Hall–Kier alpha value is -2.82. The summed E-state index contributed by atoms with van der Waals surface area (Å²) in [5.41, 5.74) is 0.771. The van der Waals surface area contributed by atoms with Crippen LogP contribution in [0.5, 0.6) is 11.5 Å². The number of ether oxygens (including phenoxy) is 3. The number of esters is 2. The van der Waals surface area contributed by atoms with Crippen molar-refractivity contribution >= 4 is 11.9 Å². The van der Waals surface area contributed by atoms with Crippen molar-refractivity contribution < 1.29 is 23.8 Å². The van der Waals surface area contributed by atoms with Crippen molar-refractivity contribution in [1.82, 2.24) is 0 Å². The Morgan fingerprint density at radius 3 is 1.92 bits per heavy atom. The predicted octanol–water partition coefficient (Wildman–Crippen LogP) is 4.26. The van der Waals surface area contributed by atoms with E-state index in [1.165, 1.54) is 0 Å². The monoisotopic (exact) mass is 342 g/mol. The highest BCUT2D eigenvalue weighted by Crippen LogP contribution is 2.19. The molecule has 2 aromatic rings. The van der Waals surface area contributed by atoms with Crippen LogP contribution < -0.4 is 9.47 Å². The van der Waals surface area contributed by atoms with Gasteiger partial charge < -0.3 is 14.2 Å². The van der Waals surface area contributed by atoms with E-state index < -0.39 is 5.97 Å². The van der Waals surface area contributed by atoms with Gasteiger partial charge in [-0.25, -0.2) is 9.59 Å². The molecule has 0 aromatic heterocycles. The molecular weight excluding hydrogens is 320 g/mol. The number of unbranched alkanes of at least 4 members (excludes halogenated alkanes) is 1. The van der Waals surface area contributed by atoms with E-state index >= 15 is 0 Å². The van der Waals surface area contributed by atoms with Crippen LogP contribution in [0.25, 0.3) is 0 Å². The third kappa shape index (κ3) is 5.64. The average molecular weight is 342 g/mol. The average Bonchev–Trinajstić information content (AvgIpc) is 2.64. The van der Waals surface area contributed by atoms with E-state index in [1.807, 2.05) is 13.8 Å². The molecule has 0 atom stereocenters. The Bertz CT molecular complexity index is 689. The highest BCUT2D eigenvalue weighted by molar-refractivity contribution is 5.94. The van der Waals surface area contributed by atoms with Gasteiger partial charge in [0.15, 0.2) is 0 Å². The maximum Gasteiger partial charge on any atom is 0.343 e. The van der Waals surface area contributed by atoms with Gasteiger partial charge in [0.25, 0.3) is 0 Å². The third-order valence-electron chi connectivity index (χ3n) is 3.43. The number of hydrogen-bond acceptors (Lipinski definition) is 5. The molecule has 0 heterocycles. The van der Waals surface area contributed by atoms with Gasteiger partial charge in [0.05, 0.1) is 24.3 Å². The molecular formula is C20H22O5. The first-order valence-corrected chi connectivity index (χ1v) is 8.36. The Balaban J connectivity index is 1.94. The number of rotatable bonds is 8. The van der Waals surface area contributed by atoms with Gasteiger partial charge in [-0.15, -0.1) is 0 Å². The molecule has 0 N–H and O–H groups in total. The Kier molecular flexibility index (Phi) is 7.01. The third-order valence-corrected chi connectivity index (χ3v) is 3.43. The first kappa shape index (κ1) is 18.5. The van der Waals surface area contributed by atoms with Crippen LogP contribution in [0.3, 0.4) is 0 Å². The molecule has 0 aliphatic heterocycles. The summed E-state index contributed by atoms with van der Waals surface area (Å²) < 4.78 is 15.8. The topological polar surface area (TPSA) is 61.8 Å². The predicted molar refractivity (Wildman–Crippen MR) is 94.2 cm³/mol. The summed E-state index contributed by atoms with van der Waals surface area (Å²) in [4.78, 5) is 24.0. The minimum absolute atomic E-state index is 0.360. The van der Waals surface area contributed by atoms with E-state index in [-0.39, 0.29) is 5.97 Å². The summed E-state index contributed by atoms with van der Waals surface area (Å²) in [5.74, 6) is 0.264. The Morgan fingerprint density at radius 2 is 1.36 bits per heavy atom. The number of carbonyl (C=O) groups is 2. The molecule has 0 radical (unpaired) electrons. The molecule has 0 amide bonds. The first-order valence-electron chi connectivity index (χ1n) is 8.36. The fourth-order valence-electron chi connectivity index (χ4n) is 2.07. The minimum atomic E-state index is -0.491. The maximum absolute atomic E-state index is 12.1. The lowest BCUT2D eigenvalue weighted by Crippen LogP contribution is -2.10. The largest absolute Gasteiger partial charge is 0.494 e. The lowest BCUT2D eigenvalue weighted by molar-refractivity contribution is 0.0499. The maximum atomic E-state index is 12.1. The SMILES string of the molecule is CCCCOC(=O)c1ccc(C(=O)Oc2ccc(OCC)cc2)cc1. The second kappa shape index (κ2) is 9.47. The van der Waals surface area contributed by atoms with Crippen molar-refractivity contribution in [3.8, 4) is 11.5 Å². The number of benzene rings is 2. The summed E-state index contributed by atoms with van der Waals surface area (Å²) in [7, 11) is 0. The van der Waals surface area contributed by atoms with Crippen molar-refractivity contribution in [3.63, 3.8) is 0 Å². The molecule has 2 rings (SSSR count). The second-order valence-electron chi connectivity index (χ2n) is 5.36. The molecule has 0 aliphatic carbocycles. The van der Waals surface area contributed by atoms with E-state index in [9.17, 15) is 9.59 Å². The lowest BCUT2D eigenvalue weighted by Gasteiger charge is -2.07. The second-order valence-corrected chi connectivity index (χ2v) is 5.36. The lowest BCUT2D eigenvalue weighted by atomic mass is 10.1. The van der Waals surface area contributed by atoms with Crippen LogP contribution in [0.4, 0.5) is 0 Å². The molecule has 2 aromatic carbocycles. The van der Waals surface area contributed by atoms with E-state index in [1.54, 1.807) is 48.5 Å². The standard InChI is InChI=1S/C20H22O5/c1-3-5-14-24-19(21)15-6-8-16(9-7-15)20(22)25-18-12-10-17(11-13-18)23-4-2/h6-13H,3-5,14H2,1-2H3. The number of hydrogen-bond donors (Lipinski definition) is 0. The van der Waals surface area contributed by atoms with Gasteiger partial charge in [-0.1, -0.05) is 13.3 Å². The first-order chi connectivity index (χ1) is 12.1. The van der Waals surface area contributed by atoms with E-state index in [0.29, 0.717) is 35.8 Å². The van der Waals surface area contributed by atoms with Gasteiger partial charge in [0.1, 0.15) is 11.5 Å². The molecule has 0 aliphatic rings. The molecule has 132 valence electrons. The van der Waals surface area contributed by atoms with Crippen LogP contribution in [0.15, 0.2) is 48.5 Å². The van der Waals surface area contributed by atoms with Crippen molar-refractivity contribution in [2.75, 3.05) is 13.2 Å². The zero-order valence-electron chi connectivity index (χ0n) is 14.5. The van der Waals surface area contributed by atoms with E-state index in [2.05, 4.69) is 0 Å². The van der Waals surface area contributed by atoms with Crippen molar-refractivity contribution in [3.05, 3.63) is 59.7 Å². The highest BCUT2D eigenvalue weighted by atomic mass is 16.5. The molecule has 5 nitrogen and oxygen atoms in total. The van der Waals surface area contributed by atoms with E-state index in [0.717, 1.165) is 12.8 Å². The zero-order valence-corrected chi connectivity index (χ0v) is 14.5. The van der Waals surface area contributed by atoms with Crippen LogP contribution in [0.2, 0.25) is 0 Å². The van der Waals surface area contributed by atoms with Gasteiger partial charge in [-0.3, -0.25) is 0 Å². The van der Waals surface area contributed by atoms with Gasteiger partial charge in [-0.05, 0) is 61.9 Å². The van der Waals surface area contributed by atoms with Crippen LogP contribution in [0.1, 0.15) is 47.4 Å². The Labute approximate surface area is 147 Å². The van der Waals surface area contributed by atoms with Crippen molar-refractivity contribution in [2.24, 2.45) is 0 Å². The molecule has 0 saturated heterocycles. The molecule has 0 spiro atoms. The van der Waals surface area contributed by atoms with Crippen LogP contribution >= 0.6 is 0 Å². The summed E-state index contributed by atoms with van der Waals surface area (Å²) in [5, 5.41) is 0. The van der Waals surface area contributed by atoms with Gasteiger partial charge >= 0.3 is 11.9 Å². The molecule has 0 saturated carbocycles. The molecule has 0 bridgehead atoms. The molecule has 0 fully saturated rings. The van der Waals surface area contributed by atoms with Gasteiger partial charge in [0.2, 0.25) is 0 Å². The Morgan fingerprint density at radius 1 is 0.800 bits per heavy atom. The number of carbonyl (C=O) groups excluding carboxylic acids is 2. The van der Waals surface area contributed by atoms with Crippen LogP contribution in [-0.4, -0.2) is 25.2 Å². The normalized spacial score (nSPS) is 10.2. The fraction of sp³-hybridized carbons (Fsp3) is 0.300. The molecule has 5 heteroatoms. The smallest absolute Gasteiger partial charge is 0.343 e. The fourth-order valence-corrected chi connectivity index (χ4v) is 2.07. The molecule has 0 unspecified atom stereocenters. The van der Waals surface area contributed by atoms with Crippen molar-refractivity contribution in [2.45, 2.75) is 26.7 Å². The summed E-state index contributed by atoms with van der Waals surface area (Å²) in [6, 6.07) is 13.0. The van der Waals surface area contributed by atoms with Crippen molar-refractivity contribution in [1.29, 1.82) is 0 Å². The summed E-state index contributed by atoms with van der Waals surface area (Å²) in [6.45, 7) is 4.90. The summed E-state index contributed by atoms with van der Waals surface area (Å²) in [6.07, 6.45) is 1.79. The minimum Gasteiger partial charge on any atom is -0.494 e. The van der Waals surface area contributed by atoms with Crippen LogP contribution in [0, 0.1) is 0 Å². The summed E-state index contributed by atoms with van der Waals surface area (Å²) >= 11 is 0. The van der Waals surface area contributed by atoms with Gasteiger partial charge in [-0.2, -0.15) is 0 Å².